The van der Waals surface area contributed by atoms with E-state index in [9.17, 15) is 18.0 Å². The molecule has 0 aromatic heterocycles. The van der Waals surface area contributed by atoms with Crippen LogP contribution in [0.5, 0.6) is 5.75 Å². The van der Waals surface area contributed by atoms with Crippen molar-refractivity contribution >= 4 is 27.5 Å². The van der Waals surface area contributed by atoms with Gasteiger partial charge in [-0.15, -0.1) is 0 Å². The van der Waals surface area contributed by atoms with E-state index in [0.29, 0.717) is 24.3 Å². The second-order valence-electron chi connectivity index (χ2n) is 7.72. The maximum Gasteiger partial charge on any atom is 0.255 e. The molecular formula is C22H25N3O5S. The summed E-state index contributed by atoms with van der Waals surface area (Å²) in [5.74, 6) is -0.565. The molecule has 1 saturated carbocycles. The van der Waals surface area contributed by atoms with Gasteiger partial charge in [0.25, 0.3) is 11.8 Å². The van der Waals surface area contributed by atoms with Crippen LogP contribution < -0.4 is 15.4 Å². The fourth-order valence-corrected chi connectivity index (χ4v) is 5.26. The third-order valence-electron chi connectivity index (χ3n) is 5.44. The summed E-state index contributed by atoms with van der Waals surface area (Å²) in [5.41, 5.74) is 0.891. The van der Waals surface area contributed by atoms with E-state index >= 15 is 0 Å². The molecule has 9 heteroatoms. The zero-order valence-electron chi connectivity index (χ0n) is 17.3. The summed E-state index contributed by atoms with van der Waals surface area (Å²) < 4.78 is 32.8. The normalized spacial score (nSPS) is 16.7. The second-order valence-corrected chi connectivity index (χ2v) is 9.63. The van der Waals surface area contributed by atoms with E-state index in [-0.39, 0.29) is 28.2 Å². The Morgan fingerprint density at radius 2 is 1.74 bits per heavy atom. The fraction of sp³-hybridized carbons (Fsp3) is 0.364. The Morgan fingerprint density at radius 3 is 2.42 bits per heavy atom. The van der Waals surface area contributed by atoms with Crippen LogP contribution in [0.4, 0.5) is 5.69 Å². The van der Waals surface area contributed by atoms with Crippen molar-refractivity contribution in [3.05, 3.63) is 53.6 Å². The highest BCUT2D eigenvalue weighted by molar-refractivity contribution is 7.89. The molecule has 2 N–H and O–H groups in total. The second kappa shape index (κ2) is 8.68. The summed E-state index contributed by atoms with van der Waals surface area (Å²) in [4.78, 5) is 25.4. The van der Waals surface area contributed by atoms with Crippen LogP contribution in [0.15, 0.2) is 47.4 Å². The molecule has 1 heterocycles. The van der Waals surface area contributed by atoms with Crippen LogP contribution in [-0.2, 0) is 10.0 Å². The van der Waals surface area contributed by atoms with Gasteiger partial charge in [0.1, 0.15) is 10.6 Å². The van der Waals surface area contributed by atoms with Crippen LogP contribution in [0.3, 0.4) is 0 Å². The van der Waals surface area contributed by atoms with Crippen molar-refractivity contribution in [3.63, 3.8) is 0 Å². The Labute approximate surface area is 181 Å². The molecule has 4 rings (SSSR count). The number of para-hydroxylation sites is 1. The van der Waals surface area contributed by atoms with Crippen LogP contribution >= 0.6 is 0 Å². The van der Waals surface area contributed by atoms with Gasteiger partial charge >= 0.3 is 0 Å². The molecule has 164 valence electrons. The predicted molar refractivity (Wildman–Crippen MR) is 116 cm³/mol. The highest BCUT2D eigenvalue weighted by Crippen LogP contribution is 2.30. The molecule has 1 saturated heterocycles. The molecule has 2 aromatic rings. The molecule has 0 bridgehead atoms. The Balaban J connectivity index is 1.60. The standard InChI is InChI=1S/C22H25N3O5S/c1-30-19-11-8-15(14-20(19)31(28,29)25-12-4-5-13-25)21(26)24-18-7-3-2-6-17(18)22(27)23-16-9-10-16/h2-3,6-8,11,14,16H,4-5,9-10,12-13H2,1H3,(H,23,27)(H,24,26). The molecule has 0 radical (unpaired) electrons. The SMILES string of the molecule is COc1ccc(C(=O)Nc2ccccc2C(=O)NC2CC2)cc1S(=O)(=O)N1CCCC1. The predicted octanol–water partition coefficient (Wildman–Crippen LogP) is 2.62. The van der Waals surface area contributed by atoms with Crippen molar-refractivity contribution in [3.8, 4) is 5.75 Å². The summed E-state index contributed by atoms with van der Waals surface area (Å²) in [6.45, 7) is 0.900. The fourth-order valence-electron chi connectivity index (χ4n) is 3.56. The summed E-state index contributed by atoms with van der Waals surface area (Å²) in [5, 5.41) is 5.65. The first-order chi connectivity index (χ1) is 14.9. The monoisotopic (exact) mass is 443 g/mol. The van der Waals surface area contributed by atoms with Crippen LogP contribution in [0, 0.1) is 0 Å². The van der Waals surface area contributed by atoms with Gasteiger partial charge in [-0.05, 0) is 56.0 Å². The number of sulfonamides is 1. The molecular weight excluding hydrogens is 418 g/mol. The topological polar surface area (TPSA) is 105 Å². The van der Waals surface area contributed by atoms with Crippen molar-refractivity contribution in [2.75, 3.05) is 25.5 Å². The van der Waals surface area contributed by atoms with E-state index in [1.807, 2.05) is 0 Å². The number of hydrogen-bond acceptors (Lipinski definition) is 5. The van der Waals surface area contributed by atoms with Gasteiger partial charge in [0.2, 0.25) is 10.0 Å². The third-order valence-corrected chi connectivity index (χ3v) is 7.36. The van der Waals surface area contributed by atoms with E-state index in [1.165, 1.54) is 29.6 Å². The van der Waals surface area contributed by atoms with Crippen LogP contribution in [0.2, 0.25) is 0 Å². The van der Waals surface area contributed by atoms with Gasteiger partial charge in [-0.25, -0.2) is 8.42 Å². The Morgan fingerprint density at radius 1 is 1.03 bits per heavy atom. The van der Waals surface area contributed by atoms with E-state index in [1.54, 1.807) is 24.3 Å². The molecule has 1 aliphatic carbocycles. The number of methoxy groups -OCH3 is 1. The Bertz CT molecular complexity index is 1110. The van der Waals surface area contributed by atoms with Crippen molar-refractivity contribution < 1.29 is 22.7 Å². The third kappa shape index (κ3) is 4.57. The van der Waals surface area contributed by atoms with Crippen molar-refractivity contribution in [1.29, 1.82) is 0 Å². The molecule has 0 unspecified atom stereocenters. The maximum absolute atomic E-state index is 13.1. The molecule has 2 fully saturated rings. The first-order valence-electron chi connectivity index (χ1n) is 10.3. The highest BCUT2D eigenvalue weighted by Gasteiger charge is 2.31. The lowest BCUT2D eigenvalue weighted by Crippen LogP contribution is -2.28. The molecule has 8 nitrogen and oxygen atoms in total. The number of carbonyl (C=O) groups is 2. The average molecular weight is 444 g/mol. The smallest absolute Gasteiger partial charge is 0.255 e. The number of amides is 2. The van der Waals surface area contributed by atoms with Crippen LogP contribution in [0.1, 0.15) is 46.4 Å². The minimum atomic E-state index is -3.77. The molecule has 2 aromatic carbocycles. The molecule has 0 spiro atoms. The summed E-state index contributed by atoms with van der Waals surface area (Å²) in [7, 11) is -2.38. The number of carbonyl (C=O) groups excluding carboxylic acids is 2. The van der Waals surface area contributed by atoms with Crippen LogP contribution in [-0.4, -0.2) is 50.8 Å². The number of rotatable bonds is 7. The summed E-state index contributed by atoms with van der Waals surface area (Å²) in [6, 6.07) is 11.2. The van der Waals surface area contributed by atoms with E-state index < -0.39 is 15.9 Å². The first kappa shape index (κ1) is 21.3. The van der Waals surface area contributed by atoms with Crippen LogP contribution in [0.25, 0.3) is 0 Å². The van der Waals surface area contributed by atoms with Gasteiger partial charge in [-0.2, -0.15) is 4.31 Å². The lowest BCUT2D eigenvalue weighted by molar-refractivity contribution is 0.0952. The number of ether oxygens (including phenoxy) is 1. The number of anilines is 1. The molecule has 1 aliphatic heterocycles. The minimum absolute atomic E-state index is 0.0377. The lowest BCUT2D eigenvalue weighted by Gasteiger charge is -2.18. The minimum Gasteiger partial charge on any atom is -0.495 e. The van der Waals surface area contributed by atoms with Gasteiger partial charge in [0, 0.05) is 24.7 Å². The lowest BCUT2D eigenvalue weighted by atomic mass is 10.1. The molecule has 31 heavy (non-hydrogen) atoms. The maximum atomic E-state index is 13.1. The zero-order valence-corrected chi connectivity index (χ0v) is 18.1. The van der Waals surface area contributed by atoms with Gasteiger partial charge in [-0.3, -0.25) is 9.59 Å². The Kier molecular flexibility index (Phi) is 5.97. The van der Waals surface area contributed by atoms with Gasteiger partial charge in [0.05, 0.1) is 18.4 Å². The molecule has 0 atom stereocenters. The number of benzene rings is 2. The van der Waals surface area contributed by atoms with E-state index in [2.05, 4.69) is 10.6 Å². The largest absolute Gasteiger partial charge is 0.495 e. The average Bonchev–Trinajstić information content (AvgIpc) is 3.40. The molecule has 2 aliphatic rings. The van der Waals surface area contributed by atoms with Gasteiger partial charge in [-0.1, -0.05) is 12.1 Å². The van der Waals surface area contributed by atoms with Gasteiger partial charge < -0.3 is 15.4 Å². The molecule has 2 amide bonds. The summed E-state index contributed by atoms with van der Waals surface area (Å²) >= 11 is 0. The quantitative estimate of drug-likeness (QED) is 0.685. The number of nitrogens with one attached hydrogen (secondary N) is 2. The van der Waals surface area contributed by atoms with Gasteiger partial charge in [0.15, 0.2) is 0 Å². The van der Waals surface area contributed by atoms with E-state index in [0.717, 1.165) is 25.7 Å². The zero-order chi connectivity index (χ0) is 22.0. The van der Waals surface area contributed by atoms with E-state index in [4.69, 9.17) is 4.74 Å². The van der Waals surface area contributed by atoms with Crippen molar-refractivity contribution in [2.45, 2.75) is 36.6 Å². The van der Waals surface area contributed by atoms with Crippen molar-refractivity contribution in [1.82, 2.24) is 9.62 Å². The first-order valence-corrected chi connectivity index (χ1v) is 11.7. The highest BCUT2D eigenvalue weighted by atomic mass is 32.2. The number of nitrogens with zero attached hydrogens (tertiary/aromatic N) is 1. The number of hydrogen-bond donors (Lipinski definition) is 2. The summed E-state index contributed by atoms with van der Waals surface area (Å²) in [6.07, 6.45) is 3.53. The van der Waals surface area contributed by atoms with Crippen molar-refractivity contribution in [2.24, 2.45) is 0 Å². The Hall–Kier alpha value is -2.91.